The zero-order valence-corrected chi connectivity index (χ0v) is 17.5. The molecule has 1 aromatic carbocycles. The third kappa shape index (κ3) is 3.34. The number of H-pyrrole nitrogens is 1. The van der Waals surface area contributed by atoms with Crippen LogP contribution in [0.1, 0.15) is 22.9 Å². The minimum Gasteiger partial charge on any atom is -0.356 e. The summed E-state index contributed by atoms with van der Waals surface area (Å²) >= 11 is 6.05. The van der Waals surface area contributed by atoms with Crippen molar-refractivity contribution in [1.29, 1.82) is 0 Å². The minimum absolute atomic E-state index is 0.0776. The predicted molar refractivity (Wildman–Crippen MR) is 115 cm³/mol. The highest BCUT2D eigenvalue weighted by Crippen LogP contribution is 2.40. The van der Waals surface area contributed by atoms with Gasteiger partial charge < -0.3 is 14.8 Å². The van der Waals surface area contributed by atoms with Crippen LogP contribution in [0.5, 0.6) is 0 Å². The first kappa shape index (κ1) is 19.6. The average molecular weight is 442 g/mol. The molecule has 4 aromatic rings. The Morgan fingerprint density at radius 1 is 1.06 bits per heavy atom. The van der Waals surface area contributed by atoms with Crippen molar-refractivity contribution in [1.82, 2.24) is 24.9 Å². The molecule has 0 amide bonds. The Morgan fingerprint density at radius 2 is 1.77 bits per heavy atom. The molecule has 7 nitrogen and oxygen atoms in total. The summed E-state index contributed by atoms with van der Waals surface area (Å²) in [7, 11) is 3.73. The molecule has 1 atom stereocenters. The molecule has 5 rings (SSSR count). The summed E-state index contributed by atoms with van der Waals surface area (Å²) in [5.74, 6) is -0.0272. The summed E-state index contributed by atoms with van der Waals surface area (Å²) < 4.78 is 27.5. The highest BCUT2D eigenvalue weighted by Gasteiger charge is 2.34. The number of hydrogen-bond donors (Lipinski definition) is 1. The van der Waals surface area contributed by atoms with Crippen LogP contribution in [0.15, 0.2) is 36.9 Å². The highest BCUT2D eigenvalue weighted by atomic mass is 35.5. The lowest BCUT2D eigenvalue weighted by Gasteiger charge is -2.35. The van der Waals surface area contributed by atoms with E-state index in [1.807, 2.05) is 23.9 Å². The van der Waals surface area contributed by atoms with E-state index in [1.165, 1.54) is 6.07 Å². The number of rotatable bonds is 3. The second kappa shape index (κ2) is 7.42. The quantitative estimate of drug-likeness (QED) is 0.520. The number of benzene rings is 1. The molecule has 1 aliphatic rings. The summed E-state index contributed by atoms with van der Waals surface area (Å²) in [6.45, 7) is 0.570. The zero-order valence-electron chi connectivity index (χ0n) is 16.8. The number of nitrogens with one attached hydrogen (secondary N) is 1. The lowest BCUT2D eigenvalue weighted by Crippen LogP contribution is -2.37. The van der Waals surface area contributed by atoms with E-state index in [0.717, 1.165) is 34.6 Å². The molecule has 158 valence electrons. The van der Waals surface area contributed by atoms with Gasteiger partial charge in [0.05, 0.1) is 17.4 Å². The monoisotopic (exact) mass is 441 g/mol. The number of halogens is 3. The number of anilines is 2. The van der Waals surface area contributed by atoms with Crippen molar-refractivity contribution in [3.8, 4) is 0 Å². The van der Waals surface area contributed by atoms with Crippen LogP contribution < -0.4 is 9.80 Å². The molecule has 0 radical (unpaired) electrons. The summed E-state index contributed by atoms with van der Waals surface area (Å²) in [5, 5.41) is 0.950. The largest absolute Gasteiger partial charge is 0.356 e. The number of nitrogens with zero attached hydrogens (tertiary/aromatic N) is 6. The molecule has 3 aromatic heterocycles. The minimum atomic E-state index is -0.507. The molecule has 1 unspecified atom stereocenters. The highest BCUT2D eigenvalue weighted by molar-refractivity contribution is 6.31. The van der Waals surface area contributed by atoms with E-state index < -0.39 is 11.6 Å². The van der Waals surface area contributed by atoms with Crippen LogP contribution in [0.3, 0.4) is 0 Å². The van der Waals surface area contributed by atoms with Gasteiger partial charge in [0.1, 0.15) is 11.9 Å². The SMILES string of the molecule is CN(C)c1ncc(C2c3[nH]c4cc(F)c(Cl)cc4c3CCN2c2ncc(F)cn2)cn1. The molecule has 0 saturated heterocycles. The number of aromatic nitrogens is 5. The molecule has 0 fully saturated rings. The molecule has 0 saturated carbocycles. The van der Waals surface area contributed by atoms with Crippen molar-refractivity contribution in [2.75, 3.05) is 30.4 Å². The van der Waals surface area contributed by atoms with Crippen LogP contribution >= 0.6 is 11.6 Å². The van der Waals surface area contributed by atoms with E-state index in [9.17, 15) is 8.78 Å². The lowest BCUT2D eigenvalue weighted by molar-refractivity contribution is 0.595. The van der Waals surface area contributed by atoms with E-state index in [2.05, 4.69) is 24.9 Å². The third-order valence-corrected chi connectivity index (χ3v) is 5.70. The Balaban J connectivity index is 1.69. The first-order valence-electron chi connectivity index (χ1n) is 9.65. The van der Waals surface area contributed by atoms with Crippen LogP contribution in [0.2, 0.25) is 5.02 Å². The van der Waals surface area contributed by atoms with Crippen molar-refractivity contribution in [2.24, 2.45) is 0 Å². The van der Waals surface area contributed by atoms with Gasteiger partial charge in [-0.25, -0.2) is 28.7 Å². The Kier molecular flexibility index (Phi) is 4.70. The Hall–Kier alpha value is -3.33. The predicted octanol–water partition coefficient (Wildman–Crippen LogP) is 3.90. The van der Waals surface area contributed by atoms with Gasteiger partial charge in [-0.05, 0) is 24.1 Å². The number of fused-ring (bicyclic) bond motifs is 3. The summed E-state index contributed by atoms with van der Waals surface area (Å²) in [6, 6.07) is 2.69. The molecule has 1 N–H and O–H groups in total. The van der Waals surface area contributed by atoms with Crippen molar-refractivity contribution < 1.29 is 8.78 Å². The zero-order chi connectivity index (χ0) is 21.7. The number of aromatic amines is 1. The van der Waals surface area contributed by atoms with Gasteiger partial charge in [-0.1, -0.05) is 11.6 Å². The Labute approximate surface area is 181 Å². The van der Waals surface area contributed by atoms with E-state index in [4.69, 9.17) is 11.6 Å². The van der Waals surface area contributed by atoms with Gasteiger partial charge in [-0.15, -0.1) is 0 Å². The summed E-state index contributed by atoms with van der Waals surface area (Å²) in [6.07, 6.45) is 6.43. The standard InChI is InChI=1S/C21H18ClF2N7/c1-30(2)20-25-7-11(8-26-20)19-18-13(14-5-15(22)16(24)6-17(14)29-18)3-4-31(19)21-27-9-12(23)10-28-21/h5-10,19,29H,3-4H2,1-2H3. The number of hydrogen-bond acceptors (Lipinski definition) is 6. The molecular weight excluding hydrogens is 424 g/mol. The van der Waals surface area contributed by atoms with Crippen LogP contribution in [0.4, 0.5) is 20.7 Å². The van der Waals surface area contributed by atoms with Gasteiger partial charge in [0.2, 0.25) is 11.9 Å². The van der Waals surface area contributed by atoms with Crippen molar-refractivity contribution in [3.05, 3.63) is 70.4 Å². The van der Waals surface area contributed by atoms with Crippen LogP contribution in [0, 0.1) is 11.6 Å². The molecule has 31 heavy (non-hydrogen) atoms. The second-order valence-corrected chi connectivity index (χ2v) is 7.99. The maximum atomic E-state index is 14.1. The van der Waals surface area contributed by atoms with E-state index in [-0.39, 0.29) is 11.1 Å². The van der Waals surface area contributed by atoms with Gasteiger partial charge in [0.25, 0.3) is 0 Å². The topological polar surface area (TPSA) is 73.8 Å². The molecule has 4 heterocycles. The fraction of sp³-hybridized carbons (Fsp3) is 0.238. The van der Waals surface area contributed by atoms with Gasteiger partial charge >= 0.3 is 0 Å². The van der Waals surface area contributed by atoms with Crippen molar-refractivity contribution >= 4 is 34.4 Å². The fourth-order valence-electron chi connectivity index (χ4n) is 4.00. The van der Waals surface area contributed by atoms with Gasteiger partial charge in [0.15, 0.2) is 5.82 Å². The van der Waals surface area contributed by atoms with Crippen LogP contribution in [-0.4, -0.2) is 45.6 Å². The van der Waals surface area contributed by atoms with Gasteiger partial charge in [-0.2, -0.15) is 0 Å². The van der Waals surface area contributed by atoms with Crippen molar-refractivity contribution in [2.45, 2.75) is 12.5 Å². The van der Waals surface area contributed by atoms with Crippen LogP contribution in [0.25, 0.3) is 10.9 Å². The van der Waals surface area contributed by atoms with Crippen LogP contribution in [-0.2, 0) is 6.42 Å². The summed E-state index contributed by atoms with van der Waals surface area (Å²) in [5.41, 5.74) is 3.36. The molecule has 0 spiro atoms. The average Bonchev–Trinajstić information content (AvgIpc) is 3.11. The van der Waals surface area contributed by atoms with E-state index in [0.29, 0.717) is 30.4 Å². The molecular formula is C21H18ClF2N7. The fourth-order valence-corrected chi connectivity index (χ4v) is 4.17. The van der Waals surface area contributed by atoms with E-state index in [1.54, 1.807) is 18.5 Å². The summed E-state index contributed by atoms with van der Waals surface area (Å²) in [4.78, 5) is 24.4. The molecule has 0 bridgehead atoms. The Bertz CT molecular complexity index is 1260. The third-order valence-electron chi connectivity index (χ3n) is 5.41. The first-order chi connectivity index (χ1) is 14.9. The van der Waals surface area contributed by atoms with E-state index >= 15 is 0 Å². The van der Waals surface area contributed by atoms with Crippen molar-refractivity contribution in [3.63, 3.8) is 0 Å². The second-order valence-electron chi connectivity index (χ2n) is 7.59. The van der Waals surface area contributed by atoms with Gasteiger partial charge in [-0.3, -0.25) is 0 Å². The maximum Gasteiger partial charge on any atom is 0.226 e. The van der Waals surface area contributed by atoms with Gasteiger partial charge in [0, 0.05) is 55.2 Å². The first-order valence-corrected chi connectivity index (χ1v) is 10.0. The lowest BCUT2D eigenvalue weighted by atomic mass is 9.94. The molecule has 0 aliphatic carbocycles. The smallest absolute Gasteiger partial charge is 0.226 e. The molecule has 10 heteroatoms. The molecule has 1 aliphatic heterocycles. The maximum absolute atomic E-state index is 14.1. The Morgan fingerprint density at radius 3 is 2.45 bits per heavy atom. The normalized spacial score (nSPS) is 15.9.